The van der Waals surface area contributed by atoms with Gasteiger partial charge in [-0.15, -0.1) is 0 Å². The Balaban J connectivity index is 1.46. The van der Waals surface area contributed by atoms with Gasteiger partial charge in [-0.1, -0.05) is 0 Å². The summed E-state index contributed by atoms with van der Waals surface area (Å²) in [6.07, 6.45) is 2.20. The molecule has 0 radical (unpaired) electrons. The van der Waals surface area contributed by atoms with E-state index in [1.54, 1.807) is 29.9 Å². The molecule has 11 heteroatoms. The summed E-state index contributed by atoms with van der Waals surface area (Å²) < 4.78 is 49.0. The quantitative estimate of drug-likeness (QED) is 0.596. The molecular formula is C21H22F3N5O3. The molecule has 1 aliphatic heterocycles. The highest BCUT2D eigenvalue weighted by molar-refractivity contribution is 6.04. The Morgan fingerprint density at radius 2 is 2.22 bits per heavy atom. The van der Waals surface area contributed by atoms with Crippen molar-refractivity contribution in [1.29, 1.82) is 0 Å². The van der Waals surface area contributed by atoms with Crippen molar-refractivity contribution in [3.8, 4) is 5.88 Å². The summed E-state index contributed by atoms with van der Waals surface area (Å²) in [7, 11) is 0. The van der Waals surface area contributed by atoms with Crippen molar-refractivity contribution in [2.45, 2.75) is 38.6 Å². The van der Waals surface area contributed by atoms with Crippen molar-refractivity contribution in [2.75, 3.05) is 19.8 Å². The van der Waals surface area contributed by atoms with Crippen LogP contribution in [-0.2, 0) is 11.3 Å². The van der Waals surface area contributed by atoms with Gasteiger partial charge in [0.05, 0.1) is 23.6 Å². The van der Waals surface area contributed by atoms with E-state index in [1.807, 2.05) is 0 Å². The van der Waals surface area contributed by atoms with Gasteiger partial charge in [-0.3, -0.25) is 14.5 Å². The molecule has 0 aromatic carbocycles. The standard InChI is InChI=1S/C21H22F3N5O3/c1-13-7-14(8-27-20(13)32-12-21(22,23)24)10-29-11-16-17(28-29)4-5-25-18(16)19(30)26-9-15-3-2-6-31-15/h4-5,7-8,11,15H,2-3,6,9-10,12H2,1H3,(H,26,30)/t15-/m0/s1. The number of nitrogens with zero attached hydrogens (tertiary/aromatic N) is 4. The molecule has 8 nitrogen and oxygen atoms in total. The summed E-state index contributed by atoms with van der Waals surface area (Å²) in [5.74, 6) is -0.361. The lowest BCUT2D eigenvalue weighted by molar-refractivity contribution is -0.154. The number of carbonyl (C=O) groups is 1. The van der Waals surface area contributed by atoms with E-state index in [0.29, 0.717) is 36.2 Å². The second-order valence-electron chi connectivity index (χ2n) is 7.63. The van der Waals surface area contributed by atoms with Gasteiger partial charge in [0.2, 0.25) is 5.88 Å². The van der Waals surface area contributed by atoms with E-state index in [-0.39, 0.29) is 23.6 Å². The normalized spacial score (nSPS) is 16.4. The lowest BCUT2D eigenvalue weighted by atomic mass is 10.2. The predicted octanol–water partition coefficient (Wildman–Crippen LogP) is 3.03. The van der Waals surface area contributed by atoms with E-state index >= 15 is 0 Å². The van der Waals surface area contributed by atoms with Crippen LogP contribution < -0.4 is 10.1 Å². The molecule has 0 saturated carbocycles. The predicted molar refractivity (Wildman–Crippen MR) is 108 cm³/mol. The number of halogens is 3. The van der Waals surface area contributed by atoms with Crippen molar-refractivity contribution in [3.05, 3.63) is 47.5 Å². The molecule has 170 valence electrons. The van der Waals surface area contributed by atoms with Crippen molar-refractivity contribution in [2.24, 2.45) is 0 Å². The first-order chi connectivity index (χ1) is 15.3. The molecule has 1 N–H and O–H groups in total. The average molecular weight is 449 g/mol. The number of aryl methyl sites for hydroxylation is 1. The molecule has 4 heterocycles. The van der Waals surface area contributed by atoms with Crippen LogP contribution in [0, 0.1) is 6.92 Å². The number of rotatable bonds is 7. The highest BCUT2D eigenvalue weighted by Gasteiger charge is 2.29. The molecule has 32 heavy (non-hydrogen) atoms. The Kier molecular flexibility index (Phi) is 6.26. The zero-order valence-electron chi connectivity index (χ0n) is 17.4. The van der Waals surface area contributed by atoms with Crippen LogP contribution in [0.25, 0.3) is 10.9 Å². The Labute approximate surface area is 181 Å². The van der Waals surface area contributed by atoms with Gasteiger partial charge in [0.25, 0.3) is 5.91 Å². The molecule has 1 aliphatic rings. The minimum absolute atomic E-state index is 0.0275. The van der Waals surface area contributed by atoms with Crippen molar-refractivity contribution in [3.63, 3.8) is 0 Å². The Hall–Kier alpha value is -3.21. The van der Waals surface area contributed by atoms with Crippen LogP contribution in [0.4, 0.5) is 13.2 Å². The maximum atomic E-state index is 12.6. The highest BCUT2D eigenvalue weighted by Crippen LogP contribution is 2.22. The molecule has 0 bridgehead atoms. The van der Waals surface area contributed by atoms with Crippen LogP contribution in [0.15, 0.2) is 30.7 Å². The van der Waals surface area contributed by atoms with E-state index < -0.39 is 12.8 Å². The zero-order chi connectivity index (χ0) is 22.7. The maximum absolute atomic E-state index is 12.6. The number of carbonyl (C=O) groups excluding carboxylic acids is 1. The van der Waals surface area contributed by atoms with Gasteiger partial charge in [-0.25, -0.2) is 4.98 Å². The SMILES string of the molecule is Cc1cc(Cn2cc3c(C(=O)NC[C@@H]4CCCO4)nccc3n2)cnc1OCC(F)(F)F. The molecule has 3 aromatic heterocycles. The van der Waals surface area contributed by atoms with Gasteiger partial charge >= 0.3 is 6.18 Å². The first-order valence-corrected chi connectivity index (χ1v) is 10.2. The fourth-order valence-corrected chi connectivity index (χ4v) is 3.55. The van der Waals surface area contributed by atoms with Crippen LogP contribution in [0.1, 0.15) is 34.5 Å². The zero-order valence-corrected chi connectivity index (χ0v) is 17.4. The number of hydrogen-bond acceptors (Lipinski definition) is 6. The van der Waals surface area contributed by atoms with Crippen molar-refractivity contribution in [1.82, 2.24) is 25.1 Å². The minimum atomic E-state index is -4.43. The Bertz CT molecular complexity index is 1110. The topological polar surface area (TPSA) is 91.2 Å². The summed E-state index contributed by atoms with van der Waals surface area (Å²) in [6.45, 7) is 1.69. The number of pyridine rings is 2. The monoisotopic (exact) mass is 449 g/mol. The molecule has 1 saturated heterocycles. The molecule has 3 aromatic rings. The number of hydrogen-bond donors (Lipinski definition) is 1. The van der Waals surface area contributed by atoms with Crippen LogP contribution in [0.2, 0.25) is 0 Å². The van der Waals surface area contributed by atoms with Crippen LogP contribution in [-0.4, -0.2) is 57.7 Å². The third kappa shape index (κ3) is 5.34. The Morgan fingerprint density at radius 3 is 2.94 bits per heavy atom. The summed E-state index contributed by atoms with van der Waals surface area (Å²) in [5, 5.41) is 7.94. The number of nitrogens with one attached hydrogen (secondary N) is 1. The number of alkyl halides is 3. The second kappa shape index (κ2) is 9.11. The van der Waals surface area contributed by atoms with Gasteiger partial charge in [0.15, 0.2) is 6.61 Å². The highest BCUT2D eigenvalue weighted by atomic mass is 19.4. The summed E-state index contributed by atoms with van der Waals surface area (Å²) >= 11 is 0. The first kappa shape index (κ1) is 22.0. The van der Waals surface area contributed by atoms with E-state index in [0.717, 1.165) is 18.4 Å². The third-order valence-electron chi connectivity index (χ3n) is 5.01. The summed E-state index contributed by atoms with van der Waals surface area (Å²) in [6, 6.07) is 3.40. The molecule has 0 unspecified atom stereocenters. The Morgan fingerprint density at radius 1 is 1.38 bits per heavy atom. The lowest BCUT2D eigenvalue weighted by Crippen LogP contribution is -2.32. The number of amides is 1. The number of aromatic nitrogens is 4. The van der Waals surface area contributed by atoms with Crippen LogP contribution in [0.5, 0.6) is 5.88 Å². The minimum Gasteiger partial charge on any atom is -0.468 e. The van der Waals surface area contributed by atoms with Gasteiger partial charge in [-0.05, 0) is 37.5 Å². The third-order valence-corrected chi connectivity index (χ3v) is 5.01. The van der Waals surface area contributed by atoms with Gasteiger partial charge in [0.1, 0.15) is 5.69 Å². The number of fused-ring (bicyclic) bond motifs is 1. The van der Waals surface area contributed by atoms with E-state index in [2.05, 4.69) is 20.4 Å². The fourth-order valence-electron chi connectivity index (χ4n) is 3.55. The first-order valence-electron chi connectivity index (χ1n) is 10.2. The van der Waals surface area contributed by atoms with Gasteiger partial charge < -0.3 is 14.8 Å². The van der Waals surface area contributed by atoms with Crippen LogP contribution in [0.3, 0.4) is 0 Å². The molecule has 0 spiro atoms. The number of ether oxygens (including phenoxy) is 2. The van der Waals surface area contributed by atoms with Crippen molar-refractivity contribution < 1.29 is 27.4 Å². The molecule has 4 rings (SSSR count). The molecular weight excluding hydrogens is 427 g/mol. The molecule has 1 fully saturated rings. The molecule has 1 atom stereocenters. The molecule has 1 amide bonds. The van der Waals surface area contributed by atoms with Gasteiger partial charge in [0, 0.05) is 37.3 Å². The smallest absolute Gasteiger partial charge is 0.422 e. The molecule has 0 aliphatic carbocycles. The average Bonchev–Trinajstić information content (AvgIpc) is 3.39. The van der Waals surface area contributed by atoms with E-state index in [4.69, 9.17) is 9.47 Å². The van der Waals surface area contributed by atoms with Crippen LogP contribution >= 0.6 is 0 Å². The van der Waals surface area contributed by atoms with Gasteiger partial charge in [-0.2, -0.15) is 18.3 Å². The fraction of sp³-hybridized carbons (Fsp3) is 0.429. The van der Waals surface area contributed by atoms with Crippen molar-refractivity contribution >= 4 is 16.8 Å². The lowest BCUT2D eigenvalue weighted by Gasteiger charge is -2.11. The van der Waals surface area contributed by atoms with E-state index in [9.17, 15) is 18.0 Å². The van der Waals surface area contributed by atoms with E-state index in [1.165, 1.54) is 12.4 Å². The summed E-state index contributed by atoms with van der Waals surface area (Å²) in [4.78, 5) is 20.8. The maximum Gasteiger partial charge on any atom is 0.422 e. The summed E-state index contributed by atoms with van der Waals surface area (Å²) in [5.41, 5.74) is 2.10. The largest absolute Gasteiger partial charge is 0.468 e. The second-order valence-corrected chi connectivity index (χ2v) is 7.63.